The van der Waals surface area contributed by atoms with Crippen molar-refractivity contribution >= 4 is 28.5 Å². The highest BCUT2D eigenvalue weighted by Gasteiger charge is 2.15. The van der Waals surface area contributed by atoms with E-state index in [0.29, 0.717) is 23.4 Å². The van der Waals surface area contributed by atoms with Gasteiger partial charge in [-0.05, 0) is 62.7 Å². The second kappa shape index (κ2) is 9.02. The Morgan fingerprint density at radius 3 is 2.41 bits per heavy atom. The van der Waals surface area contributed by atoms with Crippen molar-refractivity contribution in [2.45, 2.75) is 20.8 Å². The first-order valence-electron chi connectivity index (χ1n) is 10.5. The van der Waals surface area contributed by atoms with Crippen LogP contribution in [0.2, 0.25) is 0 Å². The fraction of sp³-hybridized carbons (Fsp3) is 0.148. The van der Waals surface area contributed by atoms with E-state index in [4.69, 9.17) is 9.72 Å². The van der Waals surface area contributed by atoms with Gasteiger partial charge in [0.05, 0.1) is 28.9 Å². The Morgan fingerprint density at radius 2 is 1.69 bits per heavy atom. The van der Waals surface area contributed by atoms with Crippen molar-refractivity contribution in [3.8, 4) is 11.3 Å². The van der Waals surface area contributed by atoms with Crippen LogP contribution in [0.5, 0.6) is 0 Å². The molecule has 1 N–H and O–H groups in total. The lowest BCUT2D eigenvalue weighted by Crippen LogP contribution is -2.13. The Hall–Kier alpha value is -3.99. The third kappa shape index (κ3) is 4.37. The van der Waals surface area contributed by atoms with Gasteiger partial charge in [-0.15, -0.1) is 0 Å². The molecule has 1 heterocycles. The van der Waals surface area contributed by atoms with E-state index in [-0.39, 0.29) is 11.9 Å². The zero-order valence-electron chi connectivity index (χ0n) is 18.3. The average molecular weight is 425 g/mol. The number of aryl methyl sites for hydroxylation is 2. The third-order valence-corrected chi connectivity index (χ3v) is 5.27. The molecular formula is C27H24N2O3. The van der Waals surface area contributed by atoms with Gasteiger partial charge in [0.1, 0.15) is 0 Å². The number of amides is 1. The van der Waals surface area contributed by atoms with Crippen LogP contribution in [-0.2, 0) is 4.74 Å². The Bertz CT molecular complexity index is 1310. The summed E-state index contributed by atoms with van der Waals surface area (Å²) in [6.07, 6.45) is 0. The number of aromatic nitrogens is 1. The topological polar surface area (TPSA) is 68.3 Å². The molecule has 0 saturated heterocycles. The highest BCUT2D eigenvalue weighted by molar-refractivity contribution is 6.13. The van der Waals surface area contributed by atoms with E-state index in [1.54, 1.807) is 31.2 Å². The SMILES string of the molecule is CCOC(=O)c1ccc(NC(=O)c2cc(-c3ccc(C)cc3C)nc3ccccc23)cc1. The van der Waals surface area contributed by atoms with E-state index in [1.165, 1.54) is 5.56 Å². The predicted molar refractivity (Wildman–Crippen MR) is 127 cm³/mol. The van der Waals surface area contributed by atoms with Crippen LogP contribution in [0.25, 0.3) is 22.2 Å². The number of pyridine rings is 1. The van der Waals surface area contributed by atoms with Crippen molar-refractivity contribution in [2.75, 3.05) is 11.9 Å². The summed E-state index contributed by atoms with van der Waals surface area (Å²) in [5.74, 6) is -0.623. The van der Waals surface area contributed by atoms with E-state index < -0.39 is 0 Å². The molecule has 0 bridgehead atoms. The zero-order valence-corrected chi connectivity index (χ0v) is 18.3. The summed E-state index contributed by atoms with van der Waals surface area (Å²) in [7, 11) is 0. The van der Waals surface area contributed by atoms with Crippen molar-refractivity contribution in [3.05, 3.63) is 95.1 Å². The molecular weight excluding hydrogens is 400 g/mol. The summed E-state index contributed by atoms with van der Waals surface area (Å²) in [5, 5.41) is 3.71. The first-order valence-corrected chi connectivity index (χ1v) is 10.5. The standard InChI is InChI=1S/C27H24N2O3/c1-4-32-27(31)19-10-12-20(13-11-19)28-26(30)23-16-25(21-14-9-17(2)15-18(21)3)29-24-8-6-5-7-22(23)24/h5-16H,4H2,1-3H3,(H,28,30). The number of hydrogen-bond acceptors (Lipinski definition) is 4. The lowest BCUT2D eigenvalue weighted by Gasteiger charge is -2.12. The number of ether oxygens (including phenoxy) is 1. The number of benzene rings is 3. The molecule has 0 spiro atoms. The highest BCUT2D eigenvalue weighted by atomic mass is 16.5. The lowest BCUT2D eigenvalue weighted by molar-refractivity contribution is 0.0526. The molecule has 0 aliphatic heterocycles. The molecule has 0 aliphatic carbocycles. The Kier molecular flexibility index (Phi) is 5.99. The predicted octanol–water partition coefficient (Wildman–Crippen LogP) is 5.95. The molecule has 1 aromatic heterocycles. The third-order valence-electron chi connectivity index (χ3n) is 5.27. The van der Waals surface area contributed by atoms with Gasteiger partial charge in [0.25, 0.3) is 5.91 Å². The van der Waals surface area contributed by atoms with Crippen LogP contribution in [0.15, 0.2) is 72.8 Å². The molecule has 3 aromatic carbocycles. The van der Waals surface area contributed by atoms with Crippen LogP contribution >= 0.6 is 0 Å². The fourth-order valence-electron chi connectivity index (χ4n) is 3.70. The molecule has 0 aliphatic rings. The first-order chi connectivity index (χ1) is 15.5. The molecule has 160 valence electrons. The molecule has 0 atom stereocenters. The van der Waals surface area contributed by atoms with Crippen LogP contribution < -0.4 is 5.32 Å². The Morgan fingerprint density at radius 1 is 0.938 bits per heavy atom. The minimum absolute atomic E-state index is 0.238. The molecule has 4 aromatic rings. The second-order valence-electron chi connectivity index (χ2n) is 7.64. The number of para-hydroxylation sites is 1. The van der Waals surface area contributed by atoms with Gasteiger partial charge in [-0.3, -0.25) is 4.79 Å². The summed E-state index contributed by atoms with van der Waals surface area (Å²) in [4.78, 5) is 29.9. The molecule has 32 heavy (non-hydrogen) atoms. The van der Waals surface area contributed by atoms with Crippen molar-refractivity contribution < 1.29 is 14.3 Å². The minimum atomic E-state index is -0.386. The average Bonchev–Trinajstić information content (AvgIpc) is 2.79. The van der Waals surface area contributed by atoms with E-state index >= 15 is 0 Å². The number of nitrogens with zero attached hydrogens (tertiary/aromatic N) is 1. The van der Waals surface area contributed by atoms with Crippen LogP contribution in [0.3, 0.4) is 0 Å². The Labute approximate surface area is 187 Å². The maximum Gasteiger partial charge on any atom is 0.338 e. The summed E-state index contributed by atoms with van der Waals surface area (Å²) in [6, 6.07) is 22.3. The maximum absolute atomic E-state index is 13.2. The first kappa shape index (κ1) is 21.2. The van der Waals surface area contributed by atoms with E-state index in [9.17, 15) is 9.59 Å². The number of esters is 1. The van der Waals surface area contributed by atoms with Crippen molar-refractivity contribution in [3.63, 3.8) is 0 Å². The second-order valence-corrected chi connectivity index (χ2v) is 7.64. The van der Waals surface area contributed by atoms with Crippen molar-refractivity contribution in [1.29, 1.82) is 0 Å². The molecule has 0 fully saturated rings. The number of carbonyl (C=O) groups is 2. The number of anilines is 1. The van der Waals surface area contributed by atoms with Gasteiger partial charge in [0.15, 0.2) is 0 Å². The van der Waals surface area contributed by atoms with Crippen LogP contribution in [0.1, 0.15) is 38.8 Å². The van der Waals surface area contributed by atoms with Gasteiger partial charge < -0.3 is 10.1 Å². The summed E-state index contributed by atoms with van der Waals surface area (Å²) < 4.78 is 5.01. The van der Waals surface area contributed by atoms with Gasteiger partial charge in [0, 0.05) is 16.6 Å². The molecule has 4 rings (SSSR count). The quantitative estimate of drug-likeness (QED) is 0.402. The number of fused-ring (bicyclic) bond motifs is 1. The van der Waals surface area contributed by atoms with Gasteiger partial charge >= 0.3 is 5.97 Å². The molecule has 5 heteroatoms. The van der Waals surface area contributed by atoms with Crippen molar-refractivity contribution in [2.24, 2.45) is 0 Å². The monoisotopic (exact) mass is 424 g/mol. The summed E-state index contributed by atoms with van der Waals surface area (Å²) in [5.41, 5.74) is 6.37. The number of carbonyl (C=O) groups excluding carboxylic acids is 2. The maximum atomic E-state index is 13.2. The van der Waals surface area contributed by atoms with Gasteiger partial charge in [0.2, 0.25) is 0 Å². The van der Waals surface area contributed by atoms with Crippen molar-refractivity contribution in [1.82, 2.24) is 4.98 Å². The molecule has 5 nitrogen and oxygen atoms in total. The van der Waals surface area contributed by atoms with Gasteiger partial charge in [-0.2, -0.15) is 0 Å². The molecule has 0 unspecified atom stereocenters. The molecule has 0 saturated carbocycles. The lowest BCUT2D eigenvalue weighted by atomic mass is 9.99. The largest absolute Gasteiger partial charge is 0.462 e. The normalized spacial score (nSPS) is 10.7. The highest BCUT2D eigenvalue weighted by Crippen LogP contribution is 2.28. The van der Waals surface area contributed by atoms with Gasteiger partial charge in [-0.1, -0.05) is 42.0 Å². The molecule has 0 radical (unpaired) electrons. The van der Waals surface area contributed by atoms with Crippen LogP contribution in [0.4, 0.5) is 5.69 Å². The summed E-state index contributed by atoms with van der Waals surface area (Å²) >= 11 is 0. The van der Waals surface area contributed by atoms with E-state index in [1.807, 2.05) is 49.4 Å². The molecule has 1 amide bonds. The fourth-order valence-corrected chi connectivity index (χ4v) is 3.70. The van der Waals surface area contributed by atoms with Gasteiger partial charge in [-0.25, -0.2) is 9.78 Å². The summed E-state index contributed by atoms with van der Waals surface area (Å²) in [6.45, 7) is 6.17. The Balaban J connectivity index is 1.70. The van der Waals surface area contributed by atoms with E-state index in [0.717, 1.165) is 27.7 Å². The smallest absolute Gasteiger partial charge is 0.338 e. The zero-order chi connectivity index (χ0) is 22.7. The number of hydrogen-bond donors (Lipinski definition) is 1. The van der Waals surface area contributed by atoms with Crippen LogP contribution in [-0.4, -0.2) is 23.5 Å². The minimum Gasteiger partial charge on any atom is -0.462 e. The van der Waals surface area contributed by atoms with E-state index in [2.05, 4.69) is 18.3 Å². The number of nitrogens with one attached hydrogen (secondary N) is 1. The number of rotatable bonds is 5. The van der Waals surface area contributed by atoms with Crippen LogP contribution in [0, 0.1) is 13.8 Å².